The molecule has 0 spiro atoms. The van der Waals surface area contributed by atoms with Crippen LogP contribution in [-0.4, -0.2) is 28.1 Å². The normalized spacial score (nSPS) is 12.8. The molecule has 1 aromatic carbocycles. The first-order chi connectivity index (χ1) is 9.04. The van der Waals surface area contributed by atoms with Gasteiger partial charge in [0.25, 0.3) is 0 Å². The second-order valence-corrected chi connectivity index (χ2v) is 5.95. The van der Waals surface area contributed by atoms with Crippen LogP contribution in [0.4, 0.5) is 5.13 Å². The van der Waals surface area contributed by atoms with E-state index in [1.54, 1.807) is 12.1 Å². The fourth-order valence-corrected chi connectivity index (χ4v) is 2.67. The highest BCUT2D eigenvalue weighted by Gasteiger charge is 2.12. The van der Waals surface area contributed by atoms with Gasteiger partial charge in [-0.05, 0) is 38.1 Å². The van der Waals surface area contributed by atoms with Crippen molar-refractivity contribution in [2.24, 2.45) is 0 Å². The number of nitrogens with zero attached hydrogens (tertiary/aromatic N) is 2. The van der Waals surface area contributed by atoms with Crippen LogP contribution < -0.4 is 5.73 Å². The molecular formula is C14H19N3OS. The second-order valence-electron chi connectivity index (χ2n) is 4.80. The van der Waals surface area contributed by atoms with E-state index in [9.17, 15) is 5.11 Å². The molecule has 2 rings (SSSR count). The highest BCUT2D eigenvalue weighted by molar-refractivity contribution is 7.15. The lowest BCUT2D eigenvalue weighted by molar-refractivity contribution is 0.250. The Bertz CT molecular complexity index is 524. The minimum absolute atomic E-state index is 0.310. The number of aromatic hydroxyl groups is 1. The van der Waals surface area contributed by atoms with Gasteiger partial charge in [0, 0.05) is 23.7 Å². The third-order valence-corrected chi connectivity index (χ3v) is 4.01. The Morgan fingerprint density at radius 1 is 1.37 bits per heavy atom. The number of nitrogen functional groups attached to an aromatic ring is 1. The number of hydrogen-bond acceptors (Lipinski definition) is 5. The number of phenols is 1. The van der Waals surface area contributed by atoms with Gasteiger partial charge in [0.1, 0.15) is 5.75 Å². The molecule has 102 valence electrons. The van der Waals surface area contributed by atoms with E-state index in [1.165, 1.54) is 21.8 Å². The molecule has 1 aromatic heterocycles. The van der Waals surface area contributed by atoms with Crippen molar-refractivity contribution in [1.82, 2.24) is 9.88 Å². The van der Waals surface area contributed by atoms with Gasteiger partial charge in [0.05, 0.1) is 0 Å². The summed E-state index contributed by atoms with van der Waals surface area (Å²) in [6.45, 7) is 3.05. The highest BCUT2D eigenvalue weighted by Crippen LogP contribution is 2.18. The molecule has 1 unspecified atom stereocenters. The van der Waals surface area contributed by atoms with Crippen molar-refractivity contribution in [1.29, 1.82) is 0 Å². The van der Waals surface area contributed by atoms with E-state index in [0.29, 0.717) is 16.9 Å². The lowest BCUT2D eigenvalue weighted by atomic mass is 10.1. The predicted molar refractivity (Wildman–Crippen MR) is 79.3 cm³/mol. The predicted octanol–water partition coefficient (Wildman–Crippen LogP) is 2.49. The van der Waals surface area contributed by atoms with Crippen LogP contribution in [0.25, 0.3) is 0 Å². The van der Waals surface area contributed by atoms with Gasteiger partial charge in [0.2, 0.25) is 0 Å². The summed E-state index contributed by atoms with van der Waals surface area (Å²) in [5.74, 6) is 0.310. The van der Waals surface area contributed by atoms with Crippen molar-refractivity contribution < 1.29 is 5.11 Å². The number of nitrogens with two attached hydrogens (primary N) is 1. The minimum atomic E-state index is 0.310. The second kappa shape index (κ2) is 6.04. The number of rotatable bonds is 5. The Hall–Kier alpha value is -1.59. The molecule has 3 N–H and O–H groups in total. The van der Waals surface area contributed by atoms with Gasteiger partial charge < -0.3 is 10.8 Å². The van der Waals surface area contributed by atoms with E-state index < -0.39 is 0 Å². The number of thiazole rings is 1. The number of phenolic OH excluding ortho intramolecular Hbond substituents is 1. The third kappa shape index (κ3) is 3.94. The lowest BCUT2D eigenvalue weighted by Crippen LogP contribution is -2.30. The summed E-state index contributed by atoms with van der Waals surface area (Å²) in [6, 6.07) is 7.79. The molecular weight excluding hydrogens is 258 g/mol. The van der Waals surface area contributed by atoms with Gasteiger partial charge in [-0.3, -0.25) is 4.90 Å². The maximum atomic E-state index is 9.27. The molecule has 2 aromatic rings. The van der Waals surface area contributed by atoms with Crippen LogP contribution in [0.15, 0.2) is 30.5 Å². The number of aromatic nitrogens is 1. The summed E-state index contributed by atoms with van der Waals surface area (Å²) in [5.41, 5.74) is 6.86. The maximum Gasteiger partial charge on any atom is 0.180 e. The van der Waals surface area contributed by atoms with E-state index in [4.69, 9.17) is 5.73 Å². The van der Waals surface area contributed by atoms with Crippen LogP contribution in [0, 0.1) is 0 Å². The Kier molecular flexibility index (Phi) is 4.39. The monoisotopic (exact) mass is 277 g/mol. The lowest BCUT2D eigenvalue weighted by Gasteiger charge is -2.24. The Labute approximate surface area is 117 Å². The van der Waals surface area contributed by atoms with E-state index >= 15 is 0 Å². The topological polar surface area (TPSA) is 62.4 Å². The number of anilines is 1. The number of benzene rings is 1. The molecule has 19 heavy (non-hydrogen) atoms. The van der Waals surface area contributed by atoms with Crippen molar-refractivity contribution >= 4 is 16.5 Å². The van der Waals surface area contributed by atoms with Crippen LogP contribution >= 0.6 is 11.3 Å². The van der Waals surface area contributed by atoms with Crippen LogP contribution in [-0.2, 0) is 13.0 Å². The van der Waals surface area contributed by atoms with Crippen molar-refractivity contribution in [2.45, 2.75) is 25.9 Å². The molecule has 0 bridgehead atoms. The first-order valence-corrected chi connectivity index (χ1v) is 7.04. The van der Waals surface area contributed by atoms with Crippen LogP contribution in [0.1, 0.15) is 17.4 Å². The Balaban J connectivity index is 1.91. The SMILES string of the molecule is CC(Cc1ccc(O)cc1)N(C)Cc1cnc(N)s1. The Morgan fingerprint density at radius 2 is 2.05 bits per heavy atom. The van der Waals surface area contributed by atoms with Crippen LogP contribution in [0.3, 0.4) is 0 Å². The van der Waals surface area contributed by atoms with Crippen LogP contribution in [0.2, 0.25) is 0 Å². The molecule has 0 fully saturated rings. The molecule has 0 radical (unpaired) electrons. The first kappa shape index (κ1) is 13.8. The van der Waals surface area contributed by atoms with Crippen molar-refractivity contribution in [3.05, 3.63) is 40.9 Å². The summed E-state index contributed by atoms with van der Waals surface area (Å²) in [7, 11) is 2.10. The molecule has 0 aliphatic carbocycles. The smallest absolute Gasteiger partial charge is 0.180 e. The molecule has 4 nitrogen and oxygen atoms in total. The molecule has 0 saturated heterocycles. The average molecular weight is 277 g/mol. The summed E-state index contributed by atoms with van der Waals surface area (Å²) in [4.78, 5) is 7.52. The number of hydrogen-bond donors (Lipinski definition) is 2. The van der Waals surface area contributed by atoms with E-state index in [1.807, 2.05) is 18.3 Å². The van der Waals surface area contributed by atoms with Crippen molar-refractivity contribution in [3.63, 3.8) is 0 Å². The molecule has 0 aliphatic rings. The van der Waals surface area contributed by atoms with Gasteiger partial charge in [-0.1, -0.05) is 12.1 Å². The zero-order chi connectivity index (χ0) is 13.8. The quantitative estimate of drug-likeness (QED) is 0.881. The fourth-order valence-electron chi connectivity index (χ4n) is 1.93. The van der Waals surface area contributed by atoms with E-state index in [2.05, 4.69) is 23.9 Å². The minimum Gasteiger partial charge on any atom is -0.508 e. The zero-order valence-corrected chi connectivity index (χ0v) is 12.0. The molecule has 5 heteroatoms. The maximum absolute atomic E-state index is 9.27. The third-order valence-electron chi connectivity index (χ3n) is 3.20. The van der Waals surface area contributed by atoms with Gasteiger partial charge in [-0.25, -0.2) is 4.98 Å². The Morgan fingerprint density at radius 3 is 2.63 bits per heavy atom. The van der Waals surface area contributed by atoms with Crippen molar-refractivity contribution in [3.8, 4) is 5.75 Å². The molecule has 1 heterocycles. The standard InChI is InChI=1S/C14H19N3OS/c1-10(7-11-3-5-12(18)6-4-11)17(2)9-13-8-16-14(15)19-13/h3-6,8,10,18H,7,9H2,1-2H3,(H2,15,16). The summed E-state index contributed by atoms with van der Waals surface area (Å²) in [5, 5.41) is 9.89. The van der Waals surface area contributed by atoms with E-state index in [0.717, 1.165) is 13.0 Å². The zero-order valence-electron chi connectivity index (χ0n) is 11.2. The molecule has 0 saturated carbocycles. The first-order valence-electron chi connectivity index (χ1n) is 6.23. The summed E-state index contributed by atoms with van der Waals surface area (Å²) >= 11 is 1.53. The van der Waals surface area contributed by atoms with E-state index in [-0.39, 0.29) is 0 Å². The average Bonchev–Trinajstić information content (AvgIpc) is 2.77. The van der Waals surface area contributed by atoms with Gasteiger partial charge in [0.15, 0.2) is 5.13 Å². The molecule has 0 aliphatic heterocycles. The van der Waals surface area contributed by atoms with Gasteiger partial charge in [-0.2, -0.15) is 0 Å². The van der Waals surface area contributed by atoms with Gasteiger partial charge in [-0.15, -0.1) is 11.3 Å². The number of likely N-dealkylation sites (N-methyl/N-ethyl adjacent to an activating group) is 1. The summed E-state index contributed by atoms with van der Waals surface area (Å²) < 4.78 is 0. The largest absolute Gasteiger partial charge is 0.508 e. The highest BCUT2D eigenvalue weighted by atomic mass is 32.1. The fraction of sp³-hybridized carbons (Fsp3) is 0.357. The van der Waals surface area contributed by atoms with Crippen molar-refractivity contribution in [2.75, 3.05) is 12.8 Å². The van der Waals surface area contributed by atoms with Crippen LogP contribution in [0.5, 0.6) is 5.75 Å². The molecule has 0 amide bonds. The molecule has 1 atom stereocenters. The summed E-state index contributed by atoms with van der Waals surface area (Å²) in [6.07, 6.45) is 2.79. The van der Waals surface area contributed by atoms with Gasteiger partial charge >= 0.3 is 0 Å².